The van der Waals surface area contributed by atoms with Crippen LogP contribution in [0.25, 0.3) is 0 Å². The third-order valence-electron chi connectivity index (χ3n) is 4.20. The van der Waals surface area contributed by atoms with Gasteiger partial charge in [-0.3, -0.25) is 4.31 Å². The third-order valence-corrected chi connectivity index (χ3v) is 6.14. The Morgan fingerprint density at radius 2 is 2.04 bits per heavy atom. The van der Waals surface area contributed by atoms with E-state index in [9.17, 15) is 8.42 Å². The summed E-state index contributed by atoms with van der Waals surface area (Å²) in [5.74, 6) is 0.0962. The maximum atomic E-state index is 13.1. The van der Waals surface area contributed by atoms with Crippen molar-refractivity contribution in [1.82, 2.24) is 10.1 Å². The average Bonchev–Trinajstić information content (AvgIpc) is 2.85. The molecule has 23 heavy (non-hydrogen) atoms. The summed E-state index contributed by atoms with van der Waals surface area (Å²) in [6.07, 6.45) is 0.799. The lowest BCUT2D eigenvalue weighted by atomic mass is 9.99. The van der Waals surface area contributed by atoms with Crippen LogP contribution in [-0.2, 0) is 16.4 Å². The van der Waals surface area contributed by atoms with Crippen molar-refractivity contribution >= 4 is 21.5 Å². The zero-order valence-corrected chi connectivity index (χ0v) is 14.2. The number of sulfonamides is 1. The molecule has 0 radical (unpaired) electrons. The molecule has 1 aliphatic rings. The fraction of sp³-hybridized carbons (Fsp3) is 0.400. The maximum Gasteiger partial charge on any atom is 0.271 e. The van der Waals surface area contributed by atoms with Gasteiger partial charge in [-0.2, -0.15) is 0 Å². The van der Waals surface area contributed by atoms with E-state index in [2.05, 4.69) is 5.16 Å². The molecule has 1 atom stereocenters. The fourth-order valence-electron chi connectivity index (χ4n) is 2.91. The molecule has 1 unspecified atom stereocenters. The molecule has 2 aromatic rings. The Balaban J connectivity index is 2.14. The number of benzene rings is 1. The number of rotatable bonds is 3. The van der Waals surface area contributed by atoms with Crippen LogP contribution in [0.15, 0.2) is 33.7 Å². The first-order chi connectivity index (χ1) is 10.8. The van der Waals surface area contributed by atoms with Gasteiger partial charge in [0, 0.05) is 6.04 Å². The molecule has 1 aromatic carbocycles. The van der Waals surface area contributed by atoms with Gasteiger partial charge in [0.1, 0.15) is 0 Å². The Labute approximate surface area is 135 Å². The van der Waals surface area contributed by atoms with Crippen LogP contribution in [-0.4, -0.2) is 45.2 Å². The van der Waals surface area contributed by atoms with Gasteiger partial charge >= 0.3 is 0 Å². The van der Waals surface area contributed by atoms with E-state index in [0.717, 1.165) is 12.0 Å². The van der Waals surface area contributed by atoms with Crippen molar-refractivity contribution in [3.05, 3.63) is 35.6 Å². The molecular weight excluding hydrogens is 316 g/mol. The Morgan fingerprint density at radius 3 is 2.65 bits per heavy atom. The van der Waals surface area contributed by atoms with E-state index >= 15 is 0 Å². The minimum Gasteiger partial charge on any atom is -0.380 e. The molecule has 124 valence electrons. The minimum absolute atomic E-state index is 0.0493. The largest absolute Gasteiger partial charge is 0.380 e. The van der Waals surface area contributed by atoms with Crippen LogP contribution in [0.5, 0.6) is 0 Å². The number of nitrogens with zero attached hydrogens (tertiary/aromatic N) is 3. The number of para-hydroxylation sites is 1. The van der Waals surface area contributed by atoms with E-state index in [1.54, 1.807) is 6.92 Å². The van der Waals surface area contributed by atoms with Crippen molar-refractivity contribution in [1.29, 1.82) is 0 Å². The van der Waals surface area contributed by atoms with Gasteiger partial charge < -0.3 is 15.2 Å². The van der Waals surface area contributed by atoms with E-state index in [1.165, 1.54) is 4.31 Å². The highest BCUT2D eigenvalue weighted by Gasteiger charge is 2.37. The van der Waals surface area contributed by atoms with Gasteiger partial charge in [0.25, 0.3) is 10.0 Å². The van der Waals surface area contributed by atoms with Gasteiger partial charge in [-0.1, -0.05) is 23.4 Å². The number of hydrogen-bond acceptors (Lipinski definition) is 6. The molecule has 1 aliphatic heterocycles. The standard InChI is InChI=1S/C15H20N4O3S/c1-10-14(15(16)17-22-10)23(20,21)19-9-12(18(2)3)8-11-6-4-5-7-13(11)19/h4-7,12H,8-9H2,1-3H3,(H2,16,17). The number of anilines is 2. The molecule has 8 heteroatoms. The third kappa shape index (κ3) is 2.57. The Kier molecular flexibility index (Phi) is 3.81. The summed E-state index contributed by atoms with van der Waals surface area (Å²) in [5, 5.41) is 3.57. The van der Waals surface area contributed by atoms with Crippen LogP contribution in [0.1, 0.15) is 11.3 Å². The predicted octanol–water partition coefficient (Wildman–Crippen LogP) is 1.25. The first-order valence-corrected chi connectivity index (χ1v) is 8.75. The SMILES string of the molecule is Cc1onc(N)c1S(=O)(=O)N1CC(N(C)C)Cc2ccccc21. The number of hydrogen-bond donors (Lipinski definition) is 1. The van der Waals surface area contributed by atoms with Crippen molar-refractivity contribution in [3.63, 3.8) is 0 Å². The average molecular weight is 336 g/mol. The van der Waals surface area contributed by atoms with Crippen molar-refractivity contribution < 1.29 is 12.9 Å². The minimum atomic E-state index is -3.83. The van der Waals surface area contributed by atoms with E-state index < -0.39 is 10.0 Å². The molecule has 3 rings (SSSR count). The van der Waals surface area contributed by atoms with Gasteiger partial charge in [-0.25, -0.2) is 8.42 Å². The molecule has 0 amide bonds. The first-order valence-electron chi connectivity index (χ1n) is 7.31. The second-order valence-corrected chi connectivity index (χ2v) is 7.74. The molecule has 0 bridgehead atoms. The van der Waals surface area contributed by atoms with Gasteiger partial charge in [0.05, 0.1) is 12.2 Å². The van der Waals surface area contributed by atoms with Gasteiger partial charge in [0.15, 0.2) is 16.5 Å². The molecule has 0 saturated heterocycles. The summed E-state index contributed by atoms with van der Waals surface area (Å²) in [4.78, 5) is 1.98. The summed E-state index contributed by atoms with van der Waals surface area (Å²) in [6.45, 7) is 1.91. The van der Waals surface area contributed by atoms with Crippen LogP contribution in [0, 0.1) is 6.92 Å². The van der Waals surface area contributed by atoms with Crippen LogP contribution >= 0.6 is 0 Å². The number of aromatic nitrogens is 1. The highest BCUT2D eigenvalue weighted by atomic mass is 32.2. The number of fused-ring (bicyclic) bond motifs is 1. The first kappa shape index (κ1) is 15.8. The lowest BCUT2D eigenvalue weighted by Crippen LogP contribution is -2.48. The van der Waals surface area contributed by atoms with E-state index in [1.807, 2.05) is 43.3 Å². The maximum absolute atomic E-state index is 13.1. The van der Waals surface area contributed by atoms with Crippen molar-refractivity contribution in [2.24, 2.45) is 0 Å². The van der Waals surface area contributed by atoms with Crippen LogP contribution < -0.4 is 10.0 Å². The van der Waals surface area contributed by atoms with Crippen molar-refractivity contribution in [2.75, 3.05) is 30.7 Å². The second kappa shape index (κ2) is 5.54. The van der Waals surface area contributed by atoms with Crippen molar-refractivity contribution in [3.8, 4) is 0 Å². The zero-order valence-electron chi connectivity index (χ0n) is 13.4. The molecule has 0 saturated carbocycles. The molecule has 2 heterocycles. The Morgan fingerprint density at radius 1 is 1.35 bits per heavy atom. The highest BCUT2D eigenvalue weighted by molar-refractivity contribution is 7.93. The quantitative estimate of drug-likeness (QED) is 0.907. The molecule has 7 nitrogen and oxygen atoms in total. The lowest BCUT2D eigenvalue weighted by molar-refractivity contribution is 0.293. The Bertz CT molecular complexity index is 809. The number of aryl methyl sites for hydroxylation is 1. The van der Waals surface area contributed by atoms with E-state index in [4.69, 9.17) is 10.3 Å². The topological polar surface area (TPSA) is 92.7 Å². The van der Waals surface area contributed by atoms with E-state index in [-0.39, 0.29) is 22.5 Å². The number of nitrogen functional groups attached to an aromatic ring is 1. The monoisotopic (exact) mass is 336 g/mol. The summed E-state index contributed by atoms with van der Waals surface area (Å²) >= 11 is 0. The summed E-state index contributed by atoms with van der Waals surface area (Å²) in [5.41, 5.74) is 7.41. The normalized spacial score (nSPS) is 18.3. The fourth-order valence-corrected chi connectivity index (χ4v) is 4.64. The highest BCUT2D eigenvalue weighted by Crippen LogP contribution is 2.35. The zero-order chi connectivity index (χ0) is 16.8. The molecule has 0 aliphatic carbocycles. The molecule has 0 spiro atoms. The van der Waals surface area contributed by atoms with Crippen LogP contribution in [0.2, 0.25) is 0 Å². The van der Waals surface area contributed by atoms with Gasteiger partial charge in [0.2, 0.25) is 0 Å². The molecule has 1 aromatic heterocycles. The summed E-state index contributed by atoms with van der Waals surface area (Å²) in [6, 6.07) is 7.61. The molecule has 2 N–H and O–H groups in total. The van der Waals surface area contributed by atoms with E-state index in [0.29, 0.717) is 12.2 Å². The van der Waals surface area contributed by atoms with Crippen molar-refractivity contribution in [2.45, 2.75) is 24.3 Å². The second-order valence-electron chi connectivity index (χ2n) is 5.94. The van der Waals surface area contributed by atoms with Gasteiger partial charge in [-0.15, -0.1) is 0 Å². The predicted molar refractivity (Wildman–Crippen MR) is 87.8 cm³/mol. The van der Waals surface area contributed by atoms with Gasteiger partial charge in [-0.05, 0) is 39.1 Å². The number of likely N-dealkylation sites (N-methyl/N-ethyl adjacent to an activating group) is 1. The summed E-state index contributed by atoms with van der Waals surface area (Å²) < 4.78 is 32.6. The smallest absolute Gasteiger partial charge is 0.271 e. The van der Waals surface area contributed by atoms with Crippen LogP contribution in [0.4, 0.5) is 11.5 Å². The molecule has 0 fully saturated rings. The van der Waals surface area contributed by atoms with Crippen LogP contribution in [0.3, 0.4) is 0 Å². The summed E-state index contributed by atoms with van der Waals surface area (Å²) in [7, 11) is 0.0592. The molecular formula is C15H20N4O3S. The Hall–Kier alpha value is -2.06. The lowest BCUT2D eigenvalue weighted by Gasteiger charge is -2.37. The number of nitrogens with two attached hydrogens (primary N) is 1.